The molecule has 1 fully saturated rings. The van der Waals surface area contributed by atoms with Crippen LogP contribution in [0.5, 0.6) is 0 Å². The van der Waals surface area contributed by atoms with Crippen molar-refractivity contribution in [2.75, 3.05) is 6.54 Å². The lowest BCUT2D eigenvalue weighted by molar-refractivity contribution is 0.295. The van der Waals surface area contributed by atoms with Crippen molar-refractivity contribution in [3.63, 3.8) is 0 Å². The number of rotatable bonds is 3. The molecule has 1 aromatic rings. The highest BCUT2D eigenvalue weighted by Gasteiger charge is 2.25. The van der Waals surface area contributed by atoms with E-state index in [9.17, 15) is 0 Å². The summed E-state index contributed by atoms with van der Waals surface area (Å²) in [5.74, 6) is 2.61. The van der Waals surface area contributed by atoms with E-state index in [4.69, 9.17) is 0 Å². The van der Waals surface area contributed by atoms with Crippen LogP contribution in [0.25, 0.3) is 0 Å². The second kappa shape index (κ2) is 4.75. The molecule has 2 unspecified atom stereocenters. The summed E-state index contributed by atoms with van der Waals surface area (Å²) < 4.78 is 0. The molecule has 0 bridgehead atoms. The molecule has 0 spiro atoms. The smallest absolute Gasteiger partial charge is 0.167 e. The lowest BCUT2D eigenvalue weighted by Crippen LogP contribution is -2.33. The molecule has 4 nitrogen and oxygen atoms in total. The number of nitrogens with one attached hydrogen (secondary N) is 2. The fourth-order valence-electron chi connectivity index (χ4n) is 2.19. The number of H-pyrrole nitrogens is 1. The van der Waals surface area contributed by atoms with E-state index in [0.29, 0.717) is 12.0 Å². The van der Waals surface area contributed by atoms with Crippen LogP contribution in [0, 0.1) is 5.92 Å². The molecule has 2 atom stereocenters. The van der Waals surface area contributed by atoms with Gasteiger partial charge in [-0.2, -0.15) is 5.10 Å². The van der Waals surface area contributed by atoms with Gasteiger partial charge >= 0.3 is 0 Å². The minimum Gasteiger partial charge on any atom is -0.307 e. The largest absolute Gasteiger partial charge is 0.307 e. The number of aromatic amines is 1. The first-order valence-corrected chi connectivity index (χ1v) is 5.95. The lowest BCUT2D eigenvalue weighted by atomic mass is 9.92. The first-order chi connectivity index (χ1) is 7.31. The number of hydrogen-bond acceptors (Lipinski definition) is 3. The minimum absolute atomic E-state index is 0.348. The van der Waals surface area contributed by atoms with Crippen molar-refractivity contribution < 1.29 is 0 Å². The van der Waals surface area contributed by atoms with E-state index in [1.165, 1.54) is 12.8 Å². The van der Waals surface area contributed by atoms with Crippen molar-refractivity contribution in [2.24, 2.45) is 5.92 Å². The molecule has 2 heterocycles. The Labute approximate surface area is 90.9 Å². The zero-order valence-electron chi connectivity index (χ0n) is 9.58. The second-order valence-electron chi connectivity index (χ2n) is 4.44. The summed E-state index contributed by atoms with van der Waals surface area (Å²) in [5.41, 5.74) is 0. The monoisotopic (exact) mass is 208 g/mol. The van der Waals surface area contributed by atoms with Crippen LogP contribution in [-0.2, 0) is 6.42 Å². The quantitative estimate of drug-likeness (QED) is 0.796. The average molecular weight is 208 g/mol. The number of aromatic nitrogens is 3. The Bertz CT molecular complexity index is 307. The molecule has 0 saturated carbocycles. The number of hydrogen-bond donors (Lipinski definition) is 2. The summed E-state index contributed by atoms with van der Waals surface area (Å²) in [6.45, 7) is 5.52. The van der Waals surface area contributed by atoms with E-state index in [-0.39, 0.29) is 0 Å². The van der Waals surface area contributed by atoms with Gasteiger partial charge in [0.2, 0.25) is 0 Å². The van der Waals surface area contributed by atoms with E-state index in [0.717, 1.165) is 31.0 Å². The molecule has 4 heteroatoms. The summed E-state index contributed by atoms with van der Waals surface area (Å²) in [6, 6.07) is 0.348. The first kappa shape index (κ1) is 10.6. The Kier molecular flexibility index (Phi) is 3.36. The zero-order chi connectivity index (χ0) is 10.7. The highest BCUT2D eigenvalue weighted by Crippen LogP contribution is 2.26. The number of piperidine rings is 1. The van der Waals surface area contributed by atoms with Crippen LogP contribution in [0.4, 0.5) is 0 Å². The van der Waals surface area contributed by atoms with Gasteiger partial charge in [0.15, 0.2) is 5.82 Å². The van der Waals surface area contributed by atoms with Gasteiger partial charge in [-0.05, 0) is 31.7 Å². The second-order valence-corrected chi connectivity index (χ2v) is 4.44. The van der Waals surface area contributed by atoms with Crippen LogP contribution in [-0.4, -0.2) is 21.7 Å². The molecule has 2 N–H and O–H groups in total. The first-order valence-electron chi connectivity index (χ1n) is 5.95. The summed E-state index contributed by atoms with van der Waals surface area (Å²) in [5, 5.41) is 10.8. The molecule has 0 radical (unpaired) electrons. The number of aryl methyl sites for hydroxylation is 1. The van der Waals surface area contributed by atoms with Gasteiger partial charge in [-0.3, -0.25) is 5.10 Å². The van der Waals surface area contributed by atoms with Crippen LogP contribution < -0.4 is 5.32 Å². The molecule has 84 valence electrons. The Morgan fingerprint density at radius 1 is 1.47 bits per heavy atom. The van der Waals surface area contributed by atoms with Crippen molar-refractivity contribution in [2.45, 2.75) is 45.6 Å². The van der Waals surface area contributed by atoms with Gasteiger partial charge in [0, 0.05) is 6.42 Å². The summed E-state index contributed by atoms with van der Waals surface area (Å²) in [7, 11) is 0. The molecular weight excluding hydrogens is 188 g/mol. The van der Waals surface area contributed by atoms with Crippen LogP contribution in [0.15, 0.2) is 0 Å². The molecular formula is C11H20N4. The van der Waals surface area contributed by atoms with Crippen molar-refractivity contribution in [1.29, 1.82) is 0 Å². The molecule has 0 amide bonds. The molecule has 15 heavy (non-hydrogen) atoms. The highest BCUT2D eigenvalue weighted by atomic mass is 15.2. The van der Waals surface area contributed by atoms with E-state index in [1.807, 2.05) is 0 Å². The Hall–Kier alpha value is -0.900. The molecule has 1 saturated heterocycles. The lowest BCUT2D eigenvalue weighted by Gasteiger charge is -2.27. The summed E-state index contributed by atoms with van der Waals surface area (Å²) in [4.78, 5) is 4.54. The van der Waals surface area contributed by atoms with Gasteiger partial charge in [-0.1, -0.05) is 13.8 Å². The maximum atomic E-state index is 4.54. The third-order valence-electron chi connectivity index (χ3n) is 3.08. The van der Waals surface area contributed by atoms with Crippen LogP contribution in [0.3, 0.4) is 0 Å². The molecule has 0 aliphatic carbocycles. The van der Waals surface area contributed by atoms with Gasteiger partial charge in [0.25, 0.3) is 0 Å². The van der Waals surface area contributed by atoms with Crippen LogP contribution in [0.1, 0.15) is 50.8 Å². The normalized spacial score (nSPS) is 26.8. The fourth-order valence-corrected chi connectivity index (χ4v) is 2.19. The molecule has 0 aromatic carbocycles. The predicted molar refractivity (Wildman–Crippen MR) is 59.5 cm³/mol. The maximum absolute atomic E-state index is 4.54. The van der Waals surface area contributed by atoms with Crippen LogP contribution in [0.2, 0.25) is 0 Å². The van der Waals surface area contributed by atoms with Gasteiger partial charge in [0.05, 0.1) is 6.04 Å². The Balaban J connectivity index is 2.06. The van der Waals surface area contributed by atoms with Crippen LogP contribution >= 0.6 is 0 Å². The SMILES string of the molecule is CCCc1nc(C2NCCCC2C)n[nH]1. The van der Waals surface area contributed by atoms with Gasteiger partial charge in [-0.25, -0.2) is 4.98 Å². The maximum Gasteiger partial charge on any atom is 0.167 e. The standard InChI is InChI=1S/C11H20N4/c1-3-5-9-13-11(15-14-9)10-8(2)6-4-7-12-10/h8,10,12H,3-7H2,1-2H3,(H,13,14,15). The summed E-state index contributed by atoms with van der Waals surface area (Å²) in [6.07, 6.45) is 4.65. The van der Waals surface area contributed by atoms with Gasteiger partial charge in [-0.15, -0.1) is 0 Å². The van der Waals surface area contributed by atoms with Crippen molar-refractivity contribution in [3.05, 3.63) is 11.6 Å². The molecule has 1 aliphatic heterocycles. The van der Waals surface area contributed by atoms with E-state index in [2.05, 4.69) is 34.3 Å². The molecule has 2 rings (SSSR count). The predicted octanol–water partition coefficient (Wildman–Crippen LogP) is 1.82. The minimum atomic E-state index is 0.348. The van der Waals surface area contributed by atoms with E-state index < -0.39 is 0 Å². The zero-order valence-corrected chi connectivity index (χ0v) is 9.58. The van der Waals surface area contributed by atoms with E-state index >= 15 is 0 Å². The van der Waals surface area contributed by atoms with Crippen molar-refractivity contribution >= 4 is 0 Å². The molecule has 1 aromatic heterocycles. The Morgan fingerprint density at radius 2 is 2.33 bits per heavy atom. The third kappa shape index (κ3) is 2.37. The molecule has 1 aliphatic rings. The van der Waals surface area contributed by atoms with Gasteiger partial charge < -0.3 is 5.32 Å². The highest BCUT2D eigenvalue weighted by molar-refractivity contribution is 5.00. The summed E-state index contributed by atoms with van der Waals surface area (Å²) >= 11 is 0. The van der Waals surface area contributed by atoms with Gasteiger partial charge in [0.1, 0.15) is 5.82 Å². The topological polar surface area (TPSA) is 53.6 Å². The third-order valence-corrected chi connectivity index (χ3v) is 3.08. The average Bonchev–Trinajstić information content (AvgIpc) is 2.68. The fraction of sp³-hybridized carbons (Fsp3) is 0.818. The Morgan fingerprint density at radius 3 is 3.07 bits per heavy atom. The number of nitrogens with zero attached hydrogens (tertiary/aromatic N) is 2. The van der Waals surface area contributed by atoms with Crippen molar-refractivity contribution in [3.8, 4) is 0 Å². The van der Waals surface area contributed by atoms with E-state index in [1.54, 1.807) is 0 Å². The van der Waals surface area contributed by atoms with Crippen molar-refractivity contribution in [1.82, 2.24) is 20.5 Å².